The summed E-state index contributed by atoms with van der Waals surface area (Å²) in [6.45, 7) is 12.0. The van der Waals surface area contributed by atoms with Crippen molar-refractivity contribution in [1.82, 2.24) is 4.90 Å². The number of rotatable bonds is 7. The number of carbonyl (C=O) groups is 3. The third-order valence-electron chi connectivity index (χ3n) is 13.6. The summed E-state index contributed by atoms with van der Waals surface area (Å²) in [5.41, 5.74) is 0.170. The SMILES string of the molecule is CC(=O)OC1C([N+]2(C)CCCC2)C[C@H]2[C@@H]3CCC4CC(OC(=O)CCC(=O)O)C(N5CCOCC5)C[C@]4(C)[C@@H]3CC[C@]12C.[Br-]. The van der Waals surface area contributed by atoms with Crippen LogP contribution in [0.5, 0.6) is 0 Å². The predicted octanol–water partition coefficient (Wildman–Crippen LogP) is 1.27. The number of nitrogens with zero attached hydrogens (tertiary/aromatic N) is 2. The Morgan fingerprint density at radius 3 is 2.32 bits per heavy atom. The Morgan fingerprint density at radius 1 is 0.955 bits per heavy atom. The number of likely N-dealkylation sites (tertiary alicyclic amines) is 1. The lowest BCUT2D eigenvalue weighted by atomic mass is 9.44. The number of likely N-dealkylation sites (N-methyl/N-ethyl adjacent to an activating group) is 1. The first kappa shape index (κ1) is 34.1. The number of aliphatic carboxylic acids is 1. The molecular weight excluding hydrogens is 628 g/mol. The van der Waals surface area contributed by atoms with E-state index in [9.17, 15) is 14.4 Å². The zero-order chi connectivity index (χ0) is 30.6. The van der Waals surface area contributed by atoms with E-state index in [0.29, 0.717) is 42.9 Å². The molecule has 6 rings (SSSR count). The summed E-state index contributed by atoms with van der Waals surface area (Å²) < 4.78 is 19.2. The second kappa shape index (κ2) is 13.1. The van der Waals surface area contributed by atoms with E-state index in [1.807, 2.05) is 0 Å². The number of fused-ring (bicyclic) bond motifs is 5. The van der Waals surface area contributed by atoms with Gasteiger partial charge in [-0.05, 0) is 67.6 Å². The maximum absolute atomic E-state index is 12.8. The fraction of sp³-hybridized carbons (Fsp3) is 0.912. The highest BCUT2D eigenvalue weighted by Gasteiger charge is 2.67. The highest BCUT2D eigenvalue weighted by molar-refractivity contribution is 5.76. The normalized spacial score (nSPS) is 43.1. The molecule has 6 aliphatic rings. The fourth-order valence-electron chi connectivity index (χ4n) is 11.4. The molecule has 0 amide bonds. The van der Waals surface area contributed by atoms with Gasteiger partial charge in [-0.15, -0.1) is 0 Å². The van der Waals surface area contributed by atoms with E-state index < -0.39 is 5.97 Å². The van der Waals surface area contributed by atoms with Gasteiger partial charge in [-0.25, -0.2) is 0 Å². The number of carbonyl (C=O) groups excluding carboxylic acids is 2. The molecule has 9 nitrogen and oxygen atoms in total. The maximum atomic E-state index is 12.8. The largest absolute Gasteiger partial charge is 1.00 e. The number of quaternary nitrogens is 1. The Morgan fingerprint density at radius 2 is 1.66 bits per heavy atom. The molecule has 10 atom stereocenters. The summed E-state index contributed by atoms with van der Waals surface area (Å²) in [6.07, 6.45) is 9.66. The second-order valence-electron chi connectivity index (χ2n) is 15.7. The third-order valence-corrected chi connectivity index (χ3v) is 13.6. The number of hydrogen-bond donors (Lipinski definition) is 1. The summed E-state index contributed by atoms with van der Waals surface area (Å²) in [5.74, 6) is 0.786. The molecule has 0 aromatic rings. The van der Waals surface area contributed by atoms with E-state index in [0.717, 1.165) is 56.1 Å². The number of carboxylic acids is 1. The van der Waals surface area contributed by atoms with Gasteiger partial charge in [0.1, 0.15) is 12.1 Å². The first-order valence-electron chi connectivity index (χ1n) is 17.2. The van der Waals surface area contributed by atoms with Gasteiger partial charge in [0.15, 0.2) is 6.10 Å². The number of esters is 2. The highest BCUT2D eigenvalue weighted by Crippen LogP contribution is 2.67. The van der Waals surface area contributed by atoms with Crippen molar-refractivity contribution in [3.05, 3.63) is 0 Å². The molecule has 2 aliphatic heterocycles. The van der Waals surface area contributed by atoms with Gasteiger partial charge in [-0.1, -0.05) is 13.8 Å². The van der Waals surface area contributed by atoms with Gasteiger partial charge in [0.25, 0.3) is 0 Å². The number of ether oxygens (including phenoxy) is 3. The Balaban J connectivity index is 0.00000384. The minimum absolute atomic E-state index is 0. The summed E-state index contributed by atoms with van der Waals surface area (Å²) in [6, 6.07) is 0.512. The molecule has 2 saturated heterocycles. The van der Waals surface area contributed by atoms with E-state index in [-0.39, 0.29) is 70.8 Å². The molecule has 10 heteroatoms. The molecule has 5 unspecified atom stereocenters. The van der Waals surface area contributed by atoms with E-state index in [1.165, 1.54) is 32.4 Å². The van der Waals surface area contributed by atoms with Crippen LogP contribution < -0.4 is 17.0 Å². The van der Waals surface area contributed by atoms with Crippen molar-refractivity contribution in [1.29, 1.82) is 0 Å². The van der Waals surface area contributed by atoms with Crippen LogP contribution in [0.1, 0.15) is 91.4 Å². The van der Waals surface area contributed by atoms with Crippen molar-refractivity contribution < 1.29 is 55.2 Å². The van der Waals surface area contributed by atoms with Gasteiger partial charge in [0.05, 0.1) is 46.2 Å². The standard InChI is InChI=1S/C34H54N2O7.BrH/c1-22(37)42-32-28(36(4)15-5-6-16-36)20-26-24-8-7-23-19-29(43-31(40)10-9-30(38)39)27(35-13-17-41-18-14-35)21-34(23,3)25(24)11-12-33(26,32)2;/h23-29,32H,5-21H2,1-4H3;1H/t23?,24-,25-,26+,27?,28?,29?,32?,33+,34+;/m1./s1. The van der Waals surface area contributed by atoms with E-state index in [1.54, 1.807) is 6.92 Å². The molecule has 0 aromatic carbocycles. The van der Waals surface area contributed by atoms with Gasteiger partial charge < -0.3 is 40.8 Å². The lowest BCUT2D eigenvalue weighted by Crippen LogP contribution is -3.00. The molecule has 1 N–H and O–H groups in total. The predicted molar refractivity (Wildman–Crippen MR) is 160 cm³/mol. The average Bonchev–Trinajstić information content (AvgIpc) is 3.54. The van der Waals surface area contributed by atoms with Gasteiger partial charge in [0, 0.05) is 50.7 Å². The smallest absolute Gasteiger partial charge is 0.306 e. The van der Waals surface area contributed by atoms with Gasteiger partial charge in [0.2, 0.25) is 0 Å². The highest BCUT2D eigenvalue weighted by atomic mass is 79.9. The number of hydrogen-bond acceptors (Lipinski definition) is 7. The van der Waals surface area contributed by atoms with Crippen LogP contribution in [-0.2, 0) is 28.6 Å². The van der Waals surface area contributed by atoms with Gasteiger partial charge in [-0.2, -0.15) is 0 Å². The number of carboxylic acid groups (broad SMARTS) is 1. The monoisotopic (exact) mass is 682 g/mol. The van der Waals surface area contributed by atoms with Crippen molar-refractivity contribution >= 4 is 17.9 Å². The summed E-state index contributed by atoms with van der Waals surface area (Å²) in [7, 11) is 2.41. The Hall–Kier alpha value is -1.23. The molecule has 250 valence electrons. The van der Waals surface area contributed by atoms with Crippen LogP contribution in [0.2, 0.25) is 0 Å². The molecule has 0 bridgehead atoms. The lowest BCUT2D eigenvalue weighted by Gasteiger charge is -2.62. The van der Waals surface area contributed by atoms with E-state index in [2.05, 4.69) is 25.8 Å². The number of morpholine rings is 1. The van der Waals surface area contributed by atoms with Crippen molar-refractivity contribution in [3.63, 3.8) is 0 Å². The topological polar surface area (TPSA) is 102 Å². The van der Waals surface area contributed by atoms with Crippen LogP contribution in [0.3, 0.4) is 0 Å². The Labute approximate surface area is 274 Å². The van der Waals surface area contributed by atoms with Crippen molar-refractivity contribution in [3.8, 4) is 0 Å². The summed E-state index contributed by atoms with van der Waals surface area (Å²) in [4.78, 5) is 38.8. The molecular formula is C34H55BrN2O7. The molecule has 0 aromatic heterocycles. The second-order valence-corrected chi connectivity index (χ2v) is 15.7. The molecule has 0 radical (unpaired) electrons. The quantitative estimate of drug-likeness (QED) is 0.317. The summed E-state index contributed by atoms with van der Waals surface area (Å²) in [5, 5.41) is 9.10. The first-order valence-corrected chi connectivity index (χ1v) is 17.2. The van der Waals surface area contributed by atoms with Crippen LogP contribution in [0.15, 0.2) is 0 Å². The molecule has 44 heavy (non-hydrogen) atoms. The van der Waals surface area contributed by atoms with Crippen molar-refractivity contribution in [2.75, 3.05) is 46.4 Å². The van der Waals surface area contributed by atoms with Crippen LogP contribution >= 0.6 is 0 Å². The van der Waals surface area contributed by atoms with Gasteiger partial charge >= 0.3 is 17.9 Å². The van der Waals surface area contributed by atoms with Crippen LogP contribution in [-0.4, -0.2) is 103 Å². The van der Waals surface area contributed by atoms with Crippen LogP contribution in [0.25, 0.3) is 0 Å². The first-order chi connectivity index (χ1) is 20.4. The summed E-state index contributed by atoms with van der Waals surface area (Å²) >= 11 is 0. The molecule has 2 heterocycles. The average molecular weight is 684 g/mol. The molecule has 0 spiro atoms. The zero-order valence-corrected chi connectivity index (χ0v) is 28.9. The van der Waals surface area contributed by atoms with E-state index >= 15 is 0 Å². The zero-order valence-electron chi connectivity index (χ0n) is 27.3. The third kappa shape index (κ3) is 6.11. The minimum Gasteiger partial charge on any atom is -1.00 e. The molecule has 4 saturated carbocycles. The minimum atomic E-state index is -0.966. The Kier molecular flexibility index (Phi) is 10.2. The van der Waals surface area contributed by atoms with Crippen molar-refractivity contribution in [2.24, 2.45) is 34.5 Å². The van der Waals surface area contributed by atoms with Gasteiger partial charge in [-0.3, -0.25) is 19.3 Å². The van der Waals surface area contributed by atoms with Crippen LogP contribution in [0.4, 0.5) is 0 Å². The molecule has 6 fully saturated rings. The lowest BCUT2D eigenvalue weighted by molar-refractivity contribution is -0.924. The van der Waals surface area contributed by atoms with Crippen LogP contribution in [0, 0.1) is 34.5 Å². The van der Waals surface area contributed by atoms with E-state index in [4.69, 9.17) is 19.3 Å². The fourth-order valence-corrected chi connectivity index (χ4v) is 11.4. The van der Waals surface area contributed by atoms with Crippen molar-refractivity contribution in [2.45, 2.75) is 116 Å². The number of halogens is 1. The molecule has 4 aliphatic carbocycles. The maximum Gasteiger partial charge on any atom is 0.306 e. The Bertz CT molecular complexity index is 1080.